The molecule has 4 nitrogen and oxygen atoms in total. The Hall–Kier alpha value is -2.33. The molecule has 0 saturated carbocycles. The van der Waals surface area contributed by atoms with Gasteiger partial charge in [0.25, 0.3) is 0 Å². The van der Waals surface area contributed by atoms with Crippen LogP contribution in [0.25, 0.3) is 21.9 Å². The highest BCUT2D eigenvalue weighted by Gasteiger charge is 2.37. The molecule has 0 radical (unpaired) electrons. The number of aliphatic hydroxyl groups excluding tert-OH is 1. The lowest BCUT2D eigenvalue weighted by atomic mass is 9.90. The van der Waals surface area contributed by atoms with Crippen LogP contribution in [0.5, 0.6) is 5.75 Å². The quantitative estimate of drug-likeness (QED) is 0.648. The number of aliphatic hydroxyl groups is 1. The van der Waals surface area contributed by atoms with E-state index in [2.05, 4.69) is 0 Å². The highest BCUT2D eigenvalue weighted by atomic mass is 16.5. The lowest BCUT2D eigenvalue weighted by Crippen LogP contribution is -2.46. The smallest absolute Gasteiger partial charge is 0.200 e. The van der Waals surface area contributed by atoms with Crippen LogP contribution in [-0.4, -0.2) is 16.8 Å². The van der Waals surface area contributed by atoms with E-state index in [0.29, 0.717) is 34.1 Å². The molecule has 22 heavy (non-hydrogen) atoms. The Balaban J connectivity index is 2.10. The molecule has 0 spiro atoms. The fourth-order valence-electron chi connectivity index (χ4n) is 2.94. The van der Waals surface area contributed by atoms with Gasteiger partial charge in [-0.15, -0.1) is 0 Å². The molecule has 112 valence electrons. The first-order chi connectivity index (χ1) is 10.5. The predicted octanol–water partition coefficient (Wildman–Crippen LogP) is 3.02. The molecular weight excluding hydrogens is 280 g/mol. The van der Waals surface area contributed by atoms with E-state index < -0.39 is 11.7 Å². The topological polar surface area (TPSA) is 59.7 Å². The Kier molecular flexibility index (Phi) is 2.63. The van der Waals surface area contributed by atoms with Gasteiger partial charge in [-0.2, -0.15) is 0 Å². The summed E-state index contributed by atoms with van der Waals surface area (Å²) in [5.41, 5.74) is 1.08. The summed E-state index contributed by atoms with van der Waals surface area (Å²) >= 11 is 0. The first kappa shape index (κ1) is 13.3. The molecule has 0 bridgehead atoms. The summed E-state index contributed by atoms with van der Waals surface area (Å²) in [5, 5.41) is 11.2. The van der Waals surface area contributed by atoms with Crippen LogP contribution in [0.15, 0.2) is 45.6 Å². The maximum Gasteiger partial charge on any atom is 0.200 e. The third-order valence-corrected chi connectivity index (χ3v) is 4.36. The molecule has 0 saturated heterocycles. The molecule has 2 aromatic carbocycles. The summed E-state index contributed by atoms with van der Waals surface area (Å²) in [6.45, 7) is 3.66. The molecule has 3 aromatic rings. The number of hydrogen-bond acceptors (Lipinski definition) is 4. The van der Waals surface area contributed by atoms with Crippen molar-refractivity contribution in [3.05, 3.63) is 52.2 Å². The lowest BCUT2D eigenvalue weighted by Gasteiger charge is -2.37. The van der Waals surface area contributed by atoms with Gasteiger partial charge in [-0.25, -0.2) is 0 Å². The highest BCUT2D eigenvalue weighted by molar-refractivity contribution is 5.93. The number of ether oxygens (including phenoxy) is 1. The molecule has 1 atom stereocenters. The van der Waals surface area contributed by atoms with Crippen LogP contribution >= 0.6 is 0 Å². The van der Waals surface area contributed by atoms with Gasteiger partial charge in [0.2, 0.25) is 5.43 Å². The molecule has 1 aromatic heterocycles. The van der Waals surface area contributed by atoms with E-state index in [9.17, 15) is 9.90 Å². The zero-order valence-electron chi connectivity index (χ0n) is 12.4. The van der Waals surface area contributed by atoms with Crippen LogP contribution in [0.1, 0.15) is 19.4 Å². The average molecular weight is 296 g/mol. The molecule has 0 unspecified atom stereocenters. The molecule has 0 aliphatic carbocycles. The van der Waals surface area contributed by atoms with Gasteiger partial charge in [0.15, 0.2) is 11.3 Å². The fourth-order valence-corrected chi connectivity index (χ4v) is 2.94. The first-order valence-corrected chi connectivity index (χ1v) is 7.32. The minimum atomic E-state index is -0.717. The zero-order chi connectivity index (χ0) is 15.5. The van der Waals surface area contributed by atoms with Crippen LogP contribution in [-0.2, 0) is 6.42 Å². The Morgan fingerprint density at radius 1 is 1.14 bits per heavy atom. The van der Waals surface area contributed by atoms with Crippen LogP contribution in [0.4, 0.5) is 0 Å². The van der Waals surface area contributed by atoms with Gasteiger partial charge in [-0.05, 0) is 32.0 Å². The minimum absolute atomic E-state index is 0.0628. The lowest BCUT2D eigenvalue weighted by molar-refractivity contribution is -0.0406. The number of para-hydroxylation sites is 1. The number of benzene rings is 2. The summed E-state index contributed by atoms with van der Waals surface area (Å²) in [4.78, 5) is 12.6. The van der Waals surface area contributed by atoms with Crippen LogP contribution in [0.3, 0.4) is 0 Å². The van der Waals surface area contributed by atoms with E-state index in [-0.39, 0.29) is 5.43 Å². The van der Waals surface area contributed by atoms with Crippen molar-refractivity contribution < 1.29 is 14.3 Å². The number of fused-ring (bicyclic) bond motifs is 4. The van der Waals surface area contributed by atoms with Gasteiger partial charge in [-0.3, -0.25) is 4.79 Å². The van der Waals surface area contributed by atoms with E-state index in [1.54, 1.807) is 18.2 Å². The summed E-state index contributed by atoms with van der Waals surface area (Å²) in [7, 11) is 0. The van der Waals surface area contributed by atoms with Crippen molar-refractivity contribution in [1.82, 2.24) is 0 Å². The Morgan fingerprint density at radius 2 is 1.91 bits per heavy atom. The van der Waals surface area contributed by atoms with Crippen molar-refractivity contribution in [3.63, 3.8) is 0 Å². The molecule has 4 rings (SSSR count). The minimum Gasteiger partial charge on any atom is -0.481 e. The van der Waals surface area contributed by atoms with Gasteiger partial charge < -0.3 is 14.3 Å². The second-order valence-electron chi connectivity index (χ2n) is 6.28. The van der Waals surface area contributed by atoms with Crippen molar-refractivity contribution in [2.75, 3.05) is 0 Å². The van der Waals surface area contributed by atoms with E-state index in [4.69, 9.17) is 9.15 Å². The van der Waals surface area contributed by atoms with Crippen molar-refractivity contribution in [2.45, 2.75) is 32.0 Å². The molecule has 1 N–H and O–H groups in total. The van der Waals surface area contributed by atoms with Gasteiger partial charge >= 0.3 is 0 Å². The van der Waals surface area contributed by atoms with Gasteiger partial charge in [0.05, 0.1) is 16.9 Å². The Labute approximate surface area is 126 Å². The second-order valence-corrected chi connectivity index (χ2v) is 6.28. The summed E-state index contributed by atoms with van der Waals surface area (Å²) < 4.78 is 11.9. The second kappa shape index (κ2) is 4.34. The maximum atomic E-state index is 12.6. The monoisotopic (exact) mass is 296 g/mol. The average Bonchev–Trinajstić information content (AvgIpc) is 2.49. The molecule has 4 heteroatoms. The fraction of sp³-hybridized carbons (Fsp3) is 0.278. The summed E-state index contributed by atoms with van der Waals surface area (Å²) in [6.07, 6.45) is -0.112. The highest BCUT2D eigenvalue weighted by Crippen LogP contribution is 2.39. The number of hydrogen-bond donors (Lipinski definition) is 1. The molecule has 1 aliphatic heterocycles. The van der Waals surface area contributed by atoms with E-state index in [0.717, 1.165) is 5.56 Å². The van der Waals surface area contributed by atoms with Crippen LogP contribution < -0.4 is 10.2 Å². The van der Waals surface area contributed by atoms with E-state index >= 15 is 0 Å². The van der Waals surface area contributed by atoms with E-state index in [1.807, 2.05) is 32.0 Å². The zero-order valence-corrected chi connectivity index (χ0v) is 12.4. The molecule has 2 heterocycles. The SMILES string of the molecule is CC1(C)Oc2c(ccc3c(=O)c4ccccc4oc23)C[C@H]1O. The first-order valence-electron chi connectivity index (χ1n) is 7.32. The third-order valence-electron chi connectivity index (χ3n) is 4.36. The molecular formula is C18H16O4. The standard InChI is InChI=1S/C18H16O4/c1-18(2)14(19)9-10-7-8-12-15(20)11-5-3-4-6-13(11)21-17(12)16(10)22-18/h3-8,14,19H,9H2,1-2H3/t14-/m1/s1. The van der Waals surface area contributed by atoms with Crippen molar-refractivity contribution in [1.29, 1.82) is 0 Å². The Morgan fingerprint density at radius 3 is 2.73 bits per heavy atom. The van der Waals surface area contributed by atoms with Crippen molar-refractivity contribution in [3.8, 4) is 5.75 Å². The molecule has 0 amide bonds. The van der Waals surface area contributed by atoms with Crippen LogP contribution in [0, 0.1) is 0 Å². The third kappa shape index (κ3) is 1.77. The molecule has 0 fully saturated rings. The summed E-state index contributed by atoms with van der Waals surface area (Å²) in [6, 6.07) is 10.8. The molecule has 1 aliphatic rings. The predicted molar refractivity (Wildman–Crippen MR) is 84.4 cm³/mol. The van der Waals surface area contributed by atoms with Gasteiger partial charge in [0, 0.05) is 12.0 Å². The van der Waals surface area contributed by atoms with E-state index in [1.165, 1.54) is 0 Å². The van der Waals surface area contributed by atoms with Crippen molar-refractivity contribution in [2.24, 2.45) is 0 Å². The summed E-state index contributed by atoms with van der Waals surface area (Å²) in [5.74, 6) is 0.565. The maximum absolute atomic E-state index is 12.6. The van der Waals surface area contributed by atoms with Crippen LogP contribution in [0.2, 0.25) is 0 Å². The normalized spacial score (nSPS) is 19.9. The number of rotatable bonds is 0. The van der Waals surface area contributed by atoms with Crippen molar-refractivity contribution >= 4 is 21.9 Å². The largest absolute Gasteiger partial charge is 0.481 e. The Bertz CT molecular complexity index is 952. The van der Waals surface area contributed by atoms with Gasteiger partial charge in [-0.1, -0.05) is 18.2 Å². The van der Waals surface area contributed by atoms with Gasteiger partial charge in [0.1, 0.15) is 11.2 Å².